The van der Waals surface area contributed by atoms with Crippen LogP contribution >= 0.6 is 11.3 Å². The van der Waals surface area contributed by atoms with Gasteiger partial charge in [-0.1, -0.05) is 68.4 Å². The largest absolute Gasteiger partial charge is 0.309 e. The first-order chi connectivity index (χ1) is 17.1. The van der Waals surface area contributed by atoms with Gasteiger partial charge >= 0.3 is 0 Å². The molecule has 0 radical (unpaired) electrons. The summed E-state index contributed by atoms with van der Waals surface area (Å²) in [5.74, 6) is 0. The van der Waals surface area contributed by atoms with E-state index in [0.29, 0.717) is 0 Å². The fourth-order valence-electron chi connectivity index (χ4n) is 6.25. The molecule has 5 aromatic carbocycles. The Morgan fingerprint density at radius 1 is 0.714 bits per heavy atom. The molecule has 166 valence electrons. The van der Waals surface area contributed by atoms with Crippen molar-refractivity contribution in [2.24, 2.45) is 0 Å². The summed E-state index contributed by atoms with van der Waals surface area (Å²) in [7, 11) is 0. The predicted octanol–water partition coefficient (Wildman–Crippen LogP) is 8.85. The molecule has 1 aliphatic rings. The van der Waals surface area contributed by atoms with Crippen LogP contribution in [0, 0.1) is 0 Å². The van der Waals surface area contributed by atoms with E-state index >= 15 is 0 Å². The number of nitrogens with zero attached hydrogens (tertiary/aromatic N) is 2. The number of aromatic nitrogens is 2. The minimum Gasteiger partial charge on any atom is -0.309 e. The molecule has 0 fully saturated rings. The second-order valence-electron chi connectivity index (χ2n) is 10.1. The van der Waals surface area contributed by atoms with E-state index < -0.39 is 0 Å². The standard InChI is InChI=1S/C32H22N2S/c1-32(2)25-9-5-3-8-22(25)31-23-17-29-24(15-19(23)11-13-26(31)32)21-7-4-6-10-28(21)34(29)20-12-14-30-27(16-20)33-18-35-30/h3-18H,1-2H3. The van der Waals surface area contributed by atoms with E-state index in [9.17, 15) is 0 Å². The Hall–Kier alpha value is -3.95. The van der Waals surface area contributed by atoms with Gasteiger partial charge in [-0.25, -0.2) is 4.98 Å². The van der Waals surface area contributed by atoms with Crippen molar-refractivity contribution < 1.29 is 0 Å². The van der Waals surface area contributed by atoms with Gasteiger partial charge < -0.3 is 4.57 Å². The van der Waals surface area contributed by atoms with Gasteiger partial charge in [-0.3, -0.25) is 0 Å². The van der Waals surface area contributed by atoms with Crippen LogP contribution in [-0.4, -0.2) is 9.55 Å². The zero-order valence-electron chi connectivity index (χ0n) is 19.5. The molecule has 0 saturated heterocycles. The van der Waals surface area contributed by atoms with E-state index in [-0.39, 0.29) is 5.41 Å². The van der Waals surface area contributed by atoms with E-state index in [1.165, 1.54) is 59.5 Å². The number of benzene rings is 5. The maximum Gasteiger partial charge on any atom is 0.0832 e. The third-order valence-electron chi connectivity index (χ3n) is 7.93. The normalized spacial score (nSPS) is 14.2. The van der Waals surface area contributed by atoms with Crippen LogP contribution in [0.2, 0.25) is 0 Å². The molecule has 0 saturated carbocycles. The molecule has 0 atom stereocenters. The average molecular weight is 467 g/mol. The lowest BCUT2D eigenvalue weighted by molar-refractivity contribution is 0.661. The average Bonchev–Trinajstić information content (AvgIpc) is 3.54. The zero-order chi connectivity index (χ0) is 23.3. The van der Waals surface area contributed by atoms with Crippen LogP contribution in [0.4, 0.5) is 0 Å². The Labute approximate surface area is 207 Å². The van der Waals surface area contributed by atoms with Gasteiger partial charge in [0.25, 0.3) is 0 Å². The lowest BCUT2D eigenvalue weighted by Crippen LogP contribution is -2.14. The van der Waals surface area contributed by atoms with Crippen molar-refractivity contribution in [3.05, 3.63) is 108 Å². The first-order valence-corrected chi connectivity index (χ1v) is 12.9. The summed E-state index contributed by atoms with van der Waals surface area (Å²) in [5, 5.41) is 5.19. The fraction of sp³-hybridized carbons (Fsp3) is 0.0938. The third kappa shape index (κ3) is 2.46. The van der Waals surface area contributed by atoms with Crippen molar-refractivity contribution in [1.29, 1.82) is 0 Å². The Morgan fingerprint density at radius 2 is 1.57 bits per heavy atom. The van der Waals surface area contributed by atoms with Crippen LogP contribution in [-0.2, 0) is 5.41 Å². The van der Waals surface area contributed by atoms with Gasteiger partial charge in [0.15, 0.2) is 0 Å². The second-order valence-corrected chi connectivity index (χ2v) is 11.0. The monoisotopic (exact) mass is 466 g/mol. The Balaban J connectivity index is 1.54. The lowest BCUT2D eigenvalue weighted by Gasteiger charge is -2.21. The highest BCUT2D eigenvalue weighted by atomic mass is 32.1. The number of fused-ring (bicyclic) bond motifs is 9. The quantitative estimate of drug-likeness (QED) is 0.236. The van der Waals surface area contributed by atoms with E-state index in [0.717, 1.165) is 11.2 Å². The Morgan fingerprint density at radius 3 is 2.51 bits per heavy atom. The smallest absolute Gasteiger partial charge is 0.0832 e. The van der Waals surface area contributed by atoms with E-state index in [1.54, 1.807) is 11.3 Å². The second kappa shape index (κ2) is 6.59. The zero-order valence-corrected chi connectivity index (χ0v) is 20.4. The van der Waals surface area contributed by atoms with Crippen LogP contribution in [0.1, 0.15) is 25.0 Å². The van der Waals surface area contributed by atoms with Gasteiger partial charge in [-0.05, 0) is 69.4 Å². The van der Waals surface area contributed by atoms with Crippen molar-refractivity contribution in [1.82, 2.24) is 9.55 Å². The summed E-state index contributed by atoms with van der Waals surface area (Å²) in [5.41, 5.74) is 12.2. The first kappa shape index (κ1) is 19.4. The Bertz CT molecular complexity index is 1990. The number of thiazole rings is 1. The number of hydrogen-bond donors (Lipinski definition) is 0. The SMILES string of the molecule is CC1(C)c2ccccc2-c2c1ccc1cc3c4ccccc4n(-c4ccc5scnc5c4)c3cc21. The molecule has 0 bridgehead atoms. The summed E-state index contributed by atoms with van der Waals surface area (Å²) < 4.78 is 3.63. The van der Waals surface area contributed by atoms with Crippen molar-refractivity contribution in [2.75, 3.05) is 0 Å². The fourth-order valence-corrected chi connectivity index (χ4v) is 6.91. The van der Waals surface area contributed by atoms with Crippen LogP contribution in [0.5, 0.6) is 0 Å². The van der Waals surface area contributed by atoms with E-state index in [4.69, 9.17) is 0 Å². The third-order valence-corrected chi connectivity index (χ3v) is 8.74. The maximum atomic E-state index is 4.59. The molecule has 2 nitrogen and oxygen atoms in total. The summed E-state index contributed by atoms with van der Waals surface area (Å²) in [6, 6.07) is 33.8. The molecular weight excluding hydrogens is 444 g/mol. The number of rotatable bonds is 1. The minimum atomic E-state index is -0.00254. The van der Waals surface area contributed by atoms with Crippen molar-refractivity contribution in [3.63, 3.8) is 0 Å². The number of para-hydroxylation sites is 1. The van der Waals surface area contributed by atoms with Gasteiger partial charge in [-0.15, -0.1) is 11.3 Å². The maximum absolute atomic E-state index is 4.59. The molecule has 2 aromatic heterocycles. The molecule has 8 rings (SSSR count). The molecule has 0 amide bonds. The van der Waals surface area contributed by atoms with Crippen LogP contribution < -0.4 is 0 Å². The van der Waals surface area contributed by atoms with E-state index in [2.05, 4.69) is 114 Å². The summed E-state index contributed by atoms with van der Waals surface area (Å²) in [6.07, 6.45) is 0. The molecular formula is C32H22N2S. The van der Waals surface area contributed by atoms with Crippen LogP contribution in [0.25, 0.3) is 59.6 Å². The molecule has 2 heterocycles. The first-order valence-electron chi connectivity index (χ1n) is 12.1. The topological polar surface area (TPSA) is 17.8 Å². The predicted molar refractivity (Wildman–Crippen MR) is 149 cm³/mol. The Kier molecular flexibility index (Phi) is 3.64. The lowest BCUT2D eigenvalue weighted by atomic mass is 9.82. The molecule has 1 aliphatic carbocycles. The van der Waals surface area contributed by atoms with Gasteiger partial charge in [0.05, 0.1) is 26.8 Å². The molecule has 3 heteroatoms. The summed E-state index contributed by atoms with van der Waals surface area (Å²) in [4.78, 5) is 4.59. The molecule has 0 spiro atoms. The highest BCUT2D eigenvalue weighted by Gasteiger charge is 2.36. The van der Waals surface area contributed by atoms with Gasteiger partial charge in [0, 0.05) is 21.9 Å². The highest BCUT2D eigenvalue weighted by Crippen LogP contribution is 2.51. The molecule has 7 aromatic rings. The highest BCUT2D eigenvalue weighted by molar-refractivity contribution is 7.16. The summed E-state index contributed by atoms with van der Waals surface area (Å²) >= 11 is 1.69. The minimum absolute atomic E-state index is 0.00254. The molecule has 0 aliphatic heterocycles. The van der Waals surface area contributed by atoms with Crippen LogP contribution in [0.3, 0.4) is 0 Å². The van der Waals surface area contributed by atoms with Crippen molar-refractivity contribution in [3.8, 4) is 16.8 Å². The van der Waals surface area contributed by atoms with Crippen molar-refractivity contribution >= 4 is 54.1 Å². The molecule has 0 N–H and O–H groups in total. The summed E-state index contributed by atoms with van der Waals surface area (Å²) in [6.45, 7) is 4.70. The van der Waals surface area contributed by atoms with Gasteiger partial charge in [0.2, 0.25) is 0 Å². The van der Waals surface area contributed by atoms with Crippen molar-refractivity contribution in [2.45, 2.75) is 19.3 Å². The van der Waals surface area contributed by atoms with Crippen LogP contribution in [0.15, 0.2) is 96.5 Å². The molecule has 0 unspecified atom stereocenters. The van der Waals surface area contributed by atoms with Gasteiger partial charge in [0.1, 0.15) is 0 Å². The van der Waals surface area contributed by atoms with Gasteiger partial charge in [-0.2, -0.15) is 0 Å². The molecule has 35 heavy (non-hydrogen) atoms. The van der Waals surface area contributed by atoms with E-state index in [1.807, 2.05) is 5.51 Å². The number of hydrogen-bond acceptors (Lipinski definition) is 2.